The second kappa shape index (κ2) is 8.23. The Morgan fingerprint density at radius 3 is 2.60 bits per heavy atom. The number of nitrogens with zero attached hydrogens (tertiary/aromatic N) is 1. The van der Waals surface area contributed by atoms with E-state index in [0.717, 1.165) is 23.1 Å². The molecule has 1 aliphatic carbocycles. The molecule has 0 atom stereocenters. The van der Waals surface area contributed by atoms with Crippen molar-refractivity contribution < 1.29 is 9.59 Å². The molecule has 1 saturated carbocycles. The number of rotatable bonds is 5. The third kappa shape index (κ3) is 4.18. The first-order chi connectivity index (χ1) is 14.4. The molecule has 0 radical (unpaired) electrons. The molecule has 1 amide bonds. The SMILES string of the molecule is Nc1c(C(=O)NC2CCC(CC(=O)c3nc4ccccc4s3)CC2)[nH]c(=O)[nH]c1=O. The van der Waals surface area contributed by atoms with Crippen molar-refractivity contribution in [3.63, 3.8) is 0 Å². The van der Waals surface area contributed by atoms with Crippen molar-refractivity contribution in [2.75, 3.05) is 5.73 Å². The van der Waals surface area contributed by atoms with Crippen LogP contribution in [0.15, 0.2) is 33.9 Å². The number of hydrogen-bond acceptors (Lipinski definition) is 7. The van der Waals surface area contributed by atoms with Gasteiger partial charge in [-0.15, -0.1) is 11.3 Å². The number of carbonyl (C=O) groups excluding carboxylic acids is 2. The van der Waals surface area contributed by atoms with Gasteiger partial charge in [0.1, 0.15) is 11.4 Å². The molecular weight excluding hydrogens is 406 g/mol. The third-order valence-electron chi connectivity index (χ3n) is 5.40. The van der Waals surface area contributed by atoms with Crippen LogP contribution in [0.1, 0.15) is 52.4 Å². The van der Waals surface area contributed by atoms with Gasteiger partial charge in [-0.1, -0.05) is 12.1 Å². The van der Waals surface area contributed by atoms with Crippen LogP contribution in [0.3, 0.4) is 0 Å². The summed E-state index contributed by atoms with van der Waals surface area (Å²) >= 11 is 1.42. The highest BCUT2D eigenvalue weighted by Gasteiger charge is 2.26. The number of anilines is 1. The van der Waals surface area contributed by atoms with E-state index in [9.17, 15) is 19.2 Å². The van der Waals surface area contributed by atoms with Crippen LogP contribution < -0.4 is 22.3 Å². The van der Waals surface area contributed by atoms with Crippen molar-refractivity contribution in [1.29, 1.82) is 0 Å². The zero-order valence-corrected chi connectivity index (χ0v) is 16.9. The van der Waals surface area contributed by atoms with Gasteiger partial charge in [0.2, 0.25) is 0 Å². The lowest BCUT2D eigenvalue weighted by molar-refractivity contribution is 0.0894. The number of nitrogen functional groups attached to an aromatic ring is 1. The Morgan fingerprint density at radius 2 is 1.87 bits per heavy atom. The number of nitrogens with one attached hydrogen (secondary N) is 3. The summed E-state index contributed by atoms with van der Waals surface area (Å²) in [5.41, 5.74) is 4.33. The number of H-pyrrole nitrogens is 2. The number of amides is 1. The van der Waals surface area contributed by atoms with Crippen molar-refractivity contribution in [2.24, 2.45) is 5.92 Å². The van der Waals surface area contributed by atoms with Crippen molar-refractivity contribution >= 4 is 38.9 Å². The Morgan fingerprint density at radius 1 is 1.13 bits per heavy atom. The maximum absolute atomic E-state index is 12.6. The van der Waals surface area contributed by atoms with E-state index in [-0.39, 0.29) is 29.1 Å². The number of para-hydroxylation sites is 1. The summed E-state index contributed by atoms with van der Waals surface area (Å²) in [4.78, 5) is 56.7. The summed E-state index contributed by atoms with van der Waals surface area (Å²) in [6, 6.07) is 7.59. The van der Waals surface area contributed by atoms with E-state index in [0.29, 0.717) is 24.3 Å². The molecule has 10 heteroatoms. The Balaban J connectivity index is 1.32. The second-order valence-electron chi connectivity index (χ2n) is 7.50. The molecule has 9 nitrogen and oxygen atoms in total. The van der Waals surface area contributed by atoms with Crippen molar-refractivity contribution in [1.82, 2.24) is 20.3 Å². The Bertz CT molecular complexity index is 1190. The predicted molar refractivity (Wildman–Crippen MR) is 114 cm³/mol. The van der Waals surface area contributed by atoms with E-state index in [2.05, 4.69) is 15.3 Å². The van der Waals surface area contributed by atoms with Gasteiger partial charge < -0.3 is 16.0 Å². The standard InChI is InChI=1S/C20H21N5O4S/c21-15-16(24-20(29)25-17(15)27)18(28)22-11-7-5-10(6-8-11)9-13(26)19-23-12-3-1-2-4-14(12)30-19/h1-4,10-11H,5-9,21H2,(H,22,28)(H2,24,25,27,29). The average Bonchev–Trinajstić information content (AvgIpc) is 3.16. The average molecular weight is 427 g/mol. The number of ketones is 1. The first-order valence-corrected chi connectivity index (χ1v) is 10.5. The van der Waals surface area contributed by atoms with E-state index in [1.54, 1.807) is 0 Å². The number of fused-ring (bicyclic) bond motifs is 1. The highest BCUT2D eigenvalue weighted by atomic mass is 32.1. The van der Waals surface area contributed by atoms with Gasteiger partial charge >= 0.3 is 5.69 Å². The monoisotopic (exact) mass is 427 g/mol. The fraction of sp³-hybridized carbons (Fsp3) is 0.350. The van der Waals surface area contributed by atoms with Gasteiger partial charge in [-0.3, -0.25) is 19.4 Å². The molecule has 0 saturated heterocycles. The molecule has 5 N–H and O–H groups in total. The largest absolute Gasteiger partial charge is 0.392 e. The summed E-state index contributed by atoms with van der Waals surface area (Å²) < 4.78 is 1.00. The molecule has 4 rings (SSSR count). The molecule has 2 aromatic heterocycles. The number of Topliss-reactive ketones (excluding diaryl/α,β-unsaturated/α-hetero) is 1. The number of hydrogen-bond donors (Lipinski definition) is 4. The Kier molecular flexibility index (Phi) is 5.49. The van der Waals surface area contributed by atoms with Crippen molar-refractivity contribution in [2.45, 2.75) is 38.1 Å². The van der Waals surface area contributed by atoms with Gasteiger partial charge in [0.05, 0.1) is 10.2 Å². The van der Waals surface area contributed by atoms with Crippen molar-refractivity contribution in [3.8, 4) is 0 Å². The number of nitrogens with two attached hydrogens (primary N) is 1. The normalized spacial score (nSPS) is 18.9. The van der Waals surface area contributed by atoms with Crippen LogP contribution in [0, 0.1) is 5.92 Å². The fourth-order valence-electron chi connectivity index (χ4n) is 3.78. The maximum atomic E-state index is 12.6. The number of aromatic nitrogens is 3. The highest BCUT2D eigenvalue weighted by Crippen LogP contribution is 2.30. The summed E-state index contributed by atoms with van der Waals surface area (Å²) in [6.45, 7) is 0. The van der Waals surface area contributed by atoms with E-state index in [4.69, 9.17) is 5.73 Å². The van der Waals surface area contributed by atoms with Gasteiger partial charge in [0.15, 0.2) is 10.8 Å². The Hall–Kier alpha value is -3.27. The summed E-state index contributed by atoms with van der Waals surface area (Å²) in [5, 5.41) is 3.36. The number of thiazole rings is 1. The van der Waals surface area contributed by atoms with Crippen LogP contribution in [0.4, 0.5) is 5.69 Å². The molecule has 1 aliphatic rings. The molecule has 0 bridgehead atoms. The van der Waals surface area contributed by atoms with Crippen LogP contribution in [-0.4, -0.2) is 32.7 Å². The molecule has 3 aromatic rings. The Labute approximate surface area is 174 Å². The molecule has 0 unspecified atom stereocenters. The van der Waals surface area contributed by atoms with E-state index in [1.807, 2.05) is 29.2 Å². The minimum atomic E-state index is -0.791. The lowest BCUT2D eigenvalue weighted by Crippen LogP contribution is -2.40. The summed E-state index contributed by atoms with van der Waals surface area (Å²) in [6.07, 6.45) is 3.44. The summed E-state index contributed by atoms with van der Waals surface area (Å²) in [5.74, 6) is -0.288. The van der Waals surface area contributed by atoms with Gasteiger partial charge in [0.25, 0.3) is 11.5 Å². The lowest BCUT2D eigenvalue weighted by Gasteiger charge is -2.28. The summed E-state index contributed by atoms with van der Waals surface area (Å²) in [7, 11) is 0. The predicted octanol–water partition coefficient (Wildman–Crippen LogP) is 1.82. The quantitative estimate of drug-likeness (QED) is 0.456. The van der Waals surface area contributed by atoms with Crippen LogP contribution in [-0.2, 0) is 0 Å². The van der Waals surface area contributed by atoms with Crippen LogP contribution in [0.25, 0.3) is 10.2 Å². The van der Waals surface area contributed by atoms with E-state index >= 15 is 0 Å². The first kappa shape index (κ1) is 20.0. The third-order valence-corrected chi connectivity index (χ3v) is 6.47. The molecule has 0 aliphatic heterocycles. The second-order valence-corrected chi connectivity index (χ2v) is 8.53. The van der Waals surface area contributed by atoms with Crippen LogP contribution in [0.2, 0.25) is 0 Å². The lowest BCUT2D eigenvalue weighted by atomic mass is 9.83. The molecule has 156 valence electrons. The fourth-order valence-corrected chi connectivity index (χ4v) is 4.70. The number of benzene rings is 1. The molecule has 1 aromatic carbocycles. The molecule has 1 fully saturated rings. The zero-order valence-electron chi connectivity index (χ0n) is 16.1. The molecule has 30 heavy (non-hydrogen) atoms. The van der Waals surface area contributed by atoms with Crippen LogP contribution in [0.5, 0.6) is 0 Å². The number of aromatic amines is 2. The minimum absolute atomic E-state index is 0.0533. The van der Waals surface area contributed by atoms with Gasteiger partial charge in [-0.25, -0.2) is 9.78 Å². The highest BCUT2D eigenvalue weighted by molar-refractivity contribution is 7.20. The zero-order chi connectivity index (χ0) is 21.3. The smallest absolute Gasteiger partial charge is 0.326 e. The van der Waals surface area contributed by atoms with Gasteiger partial charge in [-0.05, 0) is 43.7 Å². The minimum Gasteiger partial charge on any atom is -0.392 e. The van der Waals surface area contributed by atoms with Crippen molar-refractivity contribution in [3.05, 3.63) is 55.8 Å². The molecule has 0 spiro atoms. The molecular formula is C20H21N5O4S. The number of carbonyl (C=O) groups is 2. The van der Waals surface area contributed by atoms with E-state index < -0.39 is 17.2 Å². The topological polar surface area (TPSA) is 151 Å². The molecule has 2 heterocycles. The first-order valence-electron chi connectivity index (χ1n) is 9.72. The van der Waals surface area contributed by atoms with Gasteiger partial charge in [0, 0.05) is 12.5 Å². The van der Waals surface area contributed by atoms with E-state index in [1.165, 1.54) is 11.3 Å². The van der Waals surface area contributed by atoms with Crippen LogP contribution >= 0.6 is 11.3 Å². The van der Waals surface area contributed by atoms with Gasteiger partial charge in [-0.2, -0.15) is 0 Å². The maximum Gasteiger partial charge on any atom is 0.326 e.